The van der Waals surface area contributed by atoms with Crippen LogP contribution in [0.1, 0.15) is 31.8 Å². The Morgan fingerprint density at radius 1 is 0.833 bits per heavy atom. The van der Waals surface area contributed by atoms with E-state index >= 15 is 0 Å². The smallest absolute Gasteiger partial charge is 0.343 e. The third-order valence-corrected chi connectivity index (χ3v) is 5.86. The normalized spacial score (nSPS) is 13.2. The van der Waals surface area contributed by atoms with E-state index < -0.39 is 23.8 Å². The molecular formula is C27H21ClN2O6. The molecule has 1 aliphatic heterocycles. The fraction of sp³-hybridized carbons (Fsp3) is 0.111. The second kappa shape index (κ2) is 10.1. The van der Waals surface area contributed by atoms with E-state index in [-0.39, 0.29) is 22.0 Å². The Hall–Kier alpha value is -4.43. The summed E-state index contributed by atoms with van der Waals surface area (Å²) in [5.41, 5.74) is 3.11. The van der Waals surface area contributed by atoms with Gasteiger partial charge in [0.25, 0.3) is 11.8 Å². The zero-order valence-electron chi connectivity index (χ0n) is 19.6. The molecule has 1 aliphatic rings. The SMILES string of the molecule is COC(=O)c1ccc(OC(=O)c2ccc(NC3=C(Cl)C(=O)N(c4cc(C)ccc4C)C3=O)cc2)cc1. The van der Waals surface area contributed by atoms with Crippen molar-refractivity contribution in [1.82, 2.24) is 0 Å². The van der Waals surface area contributed by atoms with Crippen LogP contribution >= 0.6 is 11.6 Å². The standard InChI is InChI=1S/C27H21ClN2O6/c1-15-4-5-16(2)21(14-15)30-24(31)22(28)23(25(30)32)29-19-10-6-18(7-11-19)27(34)36-20-12-8-17(9-13-20)26(33)35-3/h4-14,29H,1-3H3. The third-order valence-electron chi connectivity index (χ3n) is 5.51. The topological polar surface area (TPSA) is 102 Å². The summed E-state index contributed by atoms with van der Waals surface area (Å²) in [6, 6.07) is 17.5. The lowest BCUT2D eigenvalue weighted by Crippen LogP contribution is -2.32. The number of anilines is 2. The number of halogens is 1. The maximum Gasteiger partial charge on any atom is 0.343 e. The number of amides is 2. The van der Waals surface area contributed by atoms with Gasteiger partial charge in [-0.3, -0.25) is 9.59 Å². The highest BCUT2D eigenvalue weighted by atomic mass is 35.5. The van der Waals surface area contributed by atoms with E-state index in [0.717, 1.165) is 16.0 Å². The van der Waals surface area contributed by atoms with Gasteiger partial charge in [-0.2, -0.15) is 0 Å². The molecule has 0 atom stereocenters. The number of aryl methyl sites for hydroxylation is 2. The first-order valence-corrected chi connectivity index (χ1v) is 11.2. The van der Waals surface area contributed by atoms with Gasteiger partial charge in [0.2, 0.25) is 0 Å². The largest absolute Gasteiger partial charge is 0.465 e. The first-order chi connectivity index (χ1) is 17.2. The molecule has 0 spiro atoms. The number of esters is 2. The van der Waals surface area contributed by atoms with Crippen LogP contribution in [0.3, 0.4) is 0 Å². The average Bonchev–Trinajstić information content (AvgIpc) is 3.08. The van der Waals surface area contributed by atoms with Crippen LogP contribution in [0.25, 0.3) is 0 Å². The Morgan fingerprint density at radius 3 is 2.08 bits per heavy atom. The summed E-state index contributed by atoms with van der Waals surface area (Å²) in [5, 5.41) is 2.66. The lowest BCUT2D eigenvalue weighted by molar-refractivity contribution is -0.120. The number of rotatable bonds is 6. The van der Waals surface area contributed by atoms with E-state index in [1.165, 1.54) is 43.5 Å². The summed E-state index contributed by atoms with van der Waals surface area (Å²) in [7, 11) is 1.28. The van der Waals surface area contributed by atoms with Gasteiger partial charge in [0.15, 0.2) is 0 Å². The molecule has 0 radical (unpaired) electrons. The van der Waals surface area contributed by atoms with E-state index in [9.17, 15) is 19.2 Å². The number of carbonyl (C=O) groups excluding carboxylic acids is 4. The van der Waals surface area contributed by atoms with Crippen LogP contribution in [0.4, 0.5) is 11.4 Å². The van der Waals surface area contributed by atoms with E-state index in [2.05, 4.69) is 10.1 Å². The van der Waals surface area contributed by atoms with Crippen LogP contribution in [0.15, 0.2) is 77.5 Å². The van der Waals surface area contributed by atoms with Gasteiger partial charge in [0.05, 0.1) is 23.9 Å². The molecule has 9 heteroatoms. The summed E-state index contributed by atoms with van der Waals surface area (Å²) in [4.78, 5) is 50.9. The van der Waals surface area contributed by atoms with Crippen molar-refractivity contribution >= 4 is 46.7 Å². The van der Waals surface area contributed by atoms with Crippen LogP contribution < -0.4 is 15.0 Å². The fourth-order valence-corrected chi connectivity index (χ4v) is 3.78. The zero-order valence-corrected chi connectivity index (χ0v) is 20.4. The Kier molecular flexibility index (Phi) is 6.89. The minimum atomic E-state index is -0.615. The minimum Gasteiger partial charge on any atom is -0.465 e. The van der Waals surface area contributed by atoms with Crippen LogP contribution in [0, 0.1) is 13.8 Å². The van der Waals surface area contributed by atoms with Gasteiger partial charge >= 0.3 is 11.9 Å². The zero-order chi connectivity index (χ0) is 26.0. The molecule has 0 aliphatic carbocycles. The van der Waals surface area contributed by atoms with Crippen molar-refractivity contribution in [2.45, 2.75) is 13.8 Å². The molecule has 1 N–H and O–H groups in total. The number of methoxy groups -OCH3 is 1. The van der Waals surface area contributed by atoms with Crippen molar-refractivity contribution in [1.29, 1.82) is 0 Å². The summed E-state index contributed by atoms with van der Waals surface area (Å²) in [6.07, 6.45) is 0. The van der Waals surface area contributed by atoms with Gasteiger partial charge in [-0.05, 0) is 79.6 Å². The fourth-order valence-electron chi connectivity index (χ4n) is 3.57. The number of hydrogen-bond donors (Lipinski definition) is 1. The summed E-state index contributed by atoms with van der Waals surface area (Å²) < 4.78 is 9.96. The number of nitrogens with one attached hydrogen (secondary N) is 1. The molecule has 4 rings (SSSR count). The quantitative estimate of drug-likeness (QED) is 0.294. The maximum absolute atomic E-state index is 13.1. The maximum atomic E-state index is 13.1. The molecule has 0 unspecified atom stereocenters. The summed E-state index contributed by atoms with van der Waals surface area (Å²) in [6.45, 7) is 3.67. The molecule has 0 saturated heterocycles. The average molecular weight is 505 g/mol. The highest BCUT2D eigenvalue weighted by molar-refractivity contribution is 6.53. The van der Waals surface area contributed by atoms with Gasteiger partial charge in [0.1, 0.15) is 16.5 Å². The van der Waals surface area contributed by atoms with Gasteiger partial charge in [0, 0.05) is 5.69 Å². The minimum absolute atomic E-state index is 0.0522. The molecule has 36 heavy (non-hydrogen) atoms. The third kappa shape index (κ3) is 4.85. The van der Waals surface area contributed by atoms with Crippen LogP contribution in [0.5, 0.6) is 5.75 Å². The predicted molar refractivity (Wildman–Crippen MR) is 134 cm³/mol. The number of ether oxygens (including phenoxy) is 2. The number of benzene rings is 3. The van der Waals surface area contributed by atoms with Gasteiger partial charge in [-0.15, -0.1) is 0 Å². The van der Waals surface area contributed by atoms with Crippen LogP contribution in [-0.2, 0) is 14.3 Å². The highest BCUT2D eigenvalue weighted by Crippen LogP contribution is 2.32. The molecule has 0 bridgehead atoms. The van der Waals surface area contributed by atoms with Crippen molar-refractivity contribution in [3.63, 3.8) is 0 Å². The van der Waals surface area contributed by atoms with E-state index in [1.807, 2.05) is 19.1 Å². The monoisotopic (exact) mass is 504 g/mol. The lowest BCUT2D eigenvalue weighted by atomic mass is 10.1. The van der Waals surface area contributed by atoms with Gasteiger partial charge in [-0.25, -0.2) is 14.5 Å². The Morgan fingerprint density at radius 2 is 1.44 bits per heavy atom. The number of carbonyl (C=O) groups is 4. The summed E-state index contributed by atoms with van der Waals surface area (Å²) in [5.74, 6) is -2.04. The molecule has 3 aromatic rings. The molecule has 0 fully saturated rings. The molecule has 2 amide bonds. The highest BCUT2D eigenvalue weighted by Gasteiger charge is 2.39. The van der Waals surface area contributed by atoms with E-state index in [1.54, 1.807) is 25.1 Å². The van der Waals surface area contributed by atoms with Crippen LogP contribution in [0.2, 0.25) is 0 Å². The van der Waals surface area contributed by atoms with Crippen LogP contribution in [-0.4, -0.2) is 30.9 Å². The van der Waals surface area contributed by atoms with Crippen molar-refractivity contribution in [3.8, 4) is 5.75 Å². The number of nitrogens with zero attached hydrogens (tertiary/aromatic N) is 1. The van der Waals surface area contributed by atoms with Gasteiger partial charge < -0.3 is 14.8 Å². The molecule has 182 valence electrons. The van der Waals surface area contributed by atoms with Crippen molar-refractivity contribution < 1.29 is 28.7 Å². The number of imide groups is 1. The molecule has 0 saturated carbocycles. The first kappa shape index (κ1) is 24.7. The first-order valence-electron chi connectivity index (χ1n) is 10.8. The van der Waals surface area contributed by atoms with Gasteiger partial charge in [-0.1, -0.05) is 23.7 Å². The molecule has 3 aromatic carbocycles. The Bertz CT molecular complexity index is 1410. The van der Waals surface area contributed by atoms with E-state index in [0.29, 0.717) is 16.9 Å². The molecular weight excluding hydrogens is 484 g/mol. The van der Waals surface area contributed by atoms with E-state index in [4.69, 9.17) is 16.3 Å². The second-order valence-electron chi connectivity index (χ2n) is 8.03. The number of hydrogen-bond acceptors (Lipinski definition) is 7. The Labute approximate surface area is 212 Å². The lowest BCUT2D eigenvalue weighted by Gasteiger charge is -2.18. The van der Waals surface area contributed by atoms with Crippen molar-refractivity contribution in [2.24, 2.45) is 0 Å². The Balaban J connectivity index is 1.46. The second-order valence-corrected chi connectivity index (χ2v) is 8.41. The molecule has 8 nitrogen and oxygen atoms in total. The van der Waals surface area contributed by atoms with Crippen molar-refractivity contribution in [3.05, 3.63) is 99.7 Å². The van der Waals surface area contributed by atoms with Crippen molar-refractivity contribution in [2.75, 3.05) is 17.3 Å². The summed E-state index contributed by atoms with van der Waals surface area (Å²) >= 11 is 6.22. The predicted octanol–water partition coefficient (Wildman–Crippen LogP) is 4.74. The molecule has 1 heterocycles. The molecule has 0 aromatic heterocycles.